The van der Waals surface area contributed by atoms with E-state index in [-0.39, 0.29) is 0 Å². The molecule has 2 heterocycles. The molecular weight excluding hydrogens is 234 g/mol. The molecule has 1 atom stereocenters. The summed E-state index contributed by atoms with van der Waals surface area (Å²) in [4.78, 5) is 0. The molecule has 0 radical (unpaired) electrons. The second kappa shape index (κ2) is 5.19. The van der Waals surface area contributed by atoms with Gasteiger partial charge in [0.05, 0.1) is 0 Å². The van der Waals surface area contributed by atoms with Gasteiger partial charge in [0.25, 0.3) is 0 Å². The number of thioether (sulfide) groups is 1. The Bertz CT molecular complexity index is 391. The zero-order valence-corrected chi connectivity index (χ0v) is 10.6. The van der Waals surface area contributed by atoms with Crippen molar-refractivity contribution in [2.45, 2.75) is 18.1 Å². The maximum absolute atomic E-state index is 5.38. The van der Waals surface area contributed by atoms with Crippen LogP contribution in [0.1, 0.15) is 12.0 Å². The van der Waals surface area contributed by atoms with E-state index in [4.69, 9.17) is 9.47 Å². The molecule has 4 heteroatoms. The molecule has 0 spiro atoms. The molecule has 0 bridgehead atoms. The fourth-order valence-electron chi connectivity index (χ4n) is 2.21. The number of ether oxygens (including phenoxy) is 2. The third-order valence-electron chi connectivity index (χ3n) is 3.20. The molecule has 17 heavy (non-hydrogen) atoms. The van der Waals surface area contributed by atoms with E-state index in [0.717, 1.165) is 23.2 Å². The highest BCUT2D eigenvalue weighted by atomic mass is 32.2. The van der Waals surface area contributed by atoms with Crippen molar-refractivity contribution in [3.8, 4) is 11.5 Å². The monoisotopic (exact) mass is 251 g/mol. The van der Waals surface area contributed by atoms with Gasteiger partial charge in [0.1, 0.15) is 0 Å². The molecule has 1 aromatic carbocycles. The van der Waals surface area contributed by atoms with Gasteiger partial charge in [-0.2, -0.15) is 11.8 Å². The van der Waals surface area contributed by atoms with Crippen LogP contribution in [-0.4, -0.2) is 30.9 Å². The van der Waals surface area contributed by atoms with E-state index in [1.54, 1.807) is 0 Å². The summed E-state index contributed by atoms with van der Waals surface area (Å²) < 4.78 is 10.7. The summed E-state index contributed by atoms with van der Waals surface area (Å²) in [5.74, 6) is 2.96. The van der Waals surface area contributed by atoms with Gasteiger partial charge in [-0.1, -0.05) is 6.07 Å². The van der Waals surface area contributed by atoms with Gasteiger partial charge in [-0.05, 0) is 42.8 Å². The molecular formula is C13H17NO2S. The molecule has 1 N–H and O–H groups in total. The van der Waals surface area contributed by atoms with Crippen LogP contribution in [0.25, 0.3) is 0 Å². The van der Waals surface area contributed by atoms with Crippen LogP contribution in [0.4, 0.5) is 0 Å². The second-order valence-electron chi connectivity index (χ2n) is 4.42. The average Bonchev–Trinajstić information content (AvgIpc) is 2.98. The Morgan fingerprint density at radius 1 is 1.29 bits per heavy atom. The summed E-state index contributed by atoms with van der Waals surface area (Å²) in [5, 5.41) is 4.21. The predicted molar refractivity (Wildman–Crippen MR) is 70.0 cm³/mol. The van der Waals surface area contributed by atoms with Crippen molar-refractivity contribution < 1.29 is 9.47 Å². The minimum Gasteiger partial charge on any atom is -0.454 e. The molecule has 1 aromatic rings. The second-order valence-corrected chi connectivity index (χ2v) is 5.83. The van der Waals surface area contributed by atoms with Crippen LogP contribution in [0.5, 0.6) is 11.5 Å². The lowest BCUT2D eigenvalue weighted by molar-refractivity contribution is 0.174. The van der Waals surface area contributed by atoms with Crippen LogP contribution >= 0.6 is 11.8 Å². The first-order chi connectivity index (χ1) is 8.42. The lowest BCUT2D eigenvalue weighted by Gasteiger charge is -2.08. The maximum Gasteiger partial charge on any atom is 0.231 e. The van der Waals surface area contributed by atoms with E-state index >= 15 is 0 Å². The fraction of sp³-hybridized carbons (Fsp3) is 0.538. The van der Waals surface area contributed by atoms with Gasteiger partial charge in [0.2, 0.25) is 6.79 Å². The van der Waals surface area contributed by atoms with E-state index in [0.29, 0.717) is 6.79 Å². The van der Waals surface area contributed by atoms with Crippen LogP contribution in [-0.2, 0) is 6.42 Å². The predicted octanol–water partition coefficient (Wildman–Crippen LogP) is 2.05. The number of hydrogen-bond donors (Lipinski definition) is 1. The van der Waals surface area contributed by atoms with E-state index in [9.17, 15) is 0 Å². The highest BCUT2D eigenvalue weighted by Gasteiger charge is 2.15. The Hall–Kier alpha value is -0.870. The van der Waals surface area contributed by atoms with Crippen LogP contribution in [0.3, 0.4) is 0 Å². The van der Waals surface area contributed by atoms with E-state index < -0.39 is 0 Å². The zero-order valence-electron chi connectivity index (χ0n) is 9.78. The quantitative estimate of drug-likeness (QED) is 0.887. The van der Waals surface area contributed by atoms with E-state index in [2.05, 4.69) is 29.2 Å². The fourth-order valence-corrected chi connectivity index (χ4v) is 3.42. The molecule has 1 unspecified atom stereocenters. The Balaban J connectivity index is 1.51. The molecule has 2 aliphatic heterocycles. The summed E-state index contributed by atoms with van der Waals surface area (Å²) in [6.07, 6.45) is 2.42. The molecule has 2 aliphatic rings. The first kappa shape index (κ1) is 11.2. The standard InChI is InChI=1S/C13H17NO2S/c1-2-12-13(16-9-15-12)7-10(1)4-6-17-11-3-5-14-8-11/h1-2,7,11,14H,3-6,8-9H2. The van der Waals surface area contributed by atoms with Crippen molar-refractivity contribution >= 4 is 11.8 Å². The van der Waals surface area contributed by atoms with E-state index in [1.807, 2.05) is 6.07 Å². The number of fused-ring (bicyclic) bond motifs is 1. The third-order valence-corrected chi connectivity index (χ3v) is 4.51. The van der Waals surface area contributed by atoms with E-state index in [1.165, 1.54) is 30.8 Å². The third kappa shape index (κ3) is 2.69. The molecule has 3 nitrogen and oxygen atoms in total. The normalized spacial score (nSPS) is 22.0. The van der Waals surface area contributed by atoms with Gasteiger partial charge in [-0.25, -0.2) is 0 Å². The van der Waals surface area contributed by atoms with Crippen LogP contribution in [0.15, 0.2) is 18.2 Å². The Morgan fingerprint density at radius 2 is 2.24 bits per heavy atom. The summed E-state index contributed by atoms with van der Waals surface area (Å²) in [6.45, 7) is 2.72. The van der Waals surface area contributed by atoms with Crippen molar-refractivity contribution in [2.75, 3.05) is 25.6 Å². The van der Waals surface area contributed by atoms with Gasteiger partial charge < -0.3 is 14.8 Å². The summed E-state index contributed by atoms with van der Waals surface area (Å²) in [7, 11) is 0. The highest BCUT2D eigenvalue weighted by molar-refractivity contribution is 7.99. The van der Waals surface area contributed by atoms with Gasteiger partial charge in [-0.3, -0.25) is 0 Å². The molecule has 3 rings (SSSR count). The molecule has 0 amide bonds. The summed E-state index contributed by atoms with van der Waals surface area (Å²) in [6, 6.07) is 6.26. The highest BCUT2D eigenvalue weighted by Crippen LogP contribution is 2.33. The SMILES string of the molecule is c1cc2c(cc1CCSC1CCNC1)OCO2. The lowest BCUT2D eigenvalue weighted by atomic mass is 10.1. The molecule has 0 saturated carbocycles. The van der Waals surface area contributed by atoms with Gasteiger partial charge in [0.15, 0.2) is 11.5 Å². The zero-order chi connectivity index (χ0) is 11.5. The van der Waals surface area contributed by atoms with Crippen molar-refractivity contribution in [3.63, 3.8) is 0 Å². The van der Waals surface area contributed by atoms with Crippen LogP contribution in [0, 0.1) is 0 Å². The number of aryl methyl sites for hydroxylation is 1. The van der Waals surface area contributed by atoms with Gasteiger partial charge in [0, 0.05) is 11.8 Å². The van der Waals surface area contributed by atoms with Gasteiger partial charge >= 0.3 is 0 Å². The number of rotatable bonds is 4. The number of nitrogens with one attached hydrogen (secondary N) is 1. The van der Waals surface area contributed by atoms with Crippen LogP contribution < -0.4 is 14.8 Å². The molecule has 1 fully saturated rings. The largest absolute Gasteiger partial charge is 0.454 e. The van der Waals surface area contributed by atoms with Crippen molar-refractivity contribution in [2.24, 2.45) is 0 Å². The lowest BCUT2D eigenvalue weighted by Crippen LogP contribution is -2.10. The summed E-state index contributed by atoms with van der Waals surface area (Å²) in [5.41, 5.74) is 1.34. The minimum atomic E-state index is 0.362. The van der Waals surface area contributed by atoms with Crippen molar-refractivity contribution in [3.05, 3.63) is 23.8 Å². The summed E-state index contributed by atoms with van der Waals surface area (Å²) >= 11 is 2.08. The Kier molecular flexibility index (Phi) is 3.43. The minimum absolute atomic E-state index is 0.362. The molecule has 1 saturated heterocycles. The molecule has 92 valence electrons. The van der Waals surface area contributed by atoms with Gasteiger partial charge in [-0.15, -0.1) is 0 Å². The first-order valence-electron chi connectivity index (χ1n) is 6.13. The Labute approximate surface area is 106 Å². The number of benzene rings is 1. The van der Waals surface area contributed by atoms with Crippen molar-refractivity contribution in [1.29, 1.82) is 0 Å². The van der Waals surface area contributed by atoms with Crippen molar-refractivity contribution in [1.82, 2.24) is 5.32 Å². The average molecular weight is 251 g/mol. The Morgan fingerprint density at radius 3 is 3.12 bits per heavy atom. The topological polar surface area (TPSA) is 30.5 Å². The molecule has 0 aromatic heterocycles. The first-order valence-corrected chi connectivity index (χ1v) is 7.17. The molecule has 0 aliphatic carbocycles. The number of hydrogen-bond acceptors (Lipinski definition) is 4. The van der Waals surface area contributed by atoms with Crippen LogP contribution in [0.2, 0.25) is 0 Å². The smallest absolute Gasteiger partial charge is 0.231 e. The maximum atomic E-state index is 5.38.